The standard InChI is InChI=1S/C16H15F2NO/c1-2-19(15-9-7-14(18)8-10-15)11-16(20)12-3-5-13(17)6-4-12/h3-10H,2,11H2,1H3. The van der Waals surface area contributed by atoms with Gasteiger partial charge in [0.1, 0.15) is 11.6 Å². The van der Waals surface area contributed by atoms with Crippen molar-refractivity contribution in [2.45, 2.75) is 6.92 Å². The lowest BCUT2D eigenvalue weighted by molar-refractivity contribution is 0.0999. The third-order valence-electron chi connectivity index (χ3n) is 3.07. The van der Waals surface area contributed by atoms with Gasteiger partial charge in [0.2, 0.25) is 0 Å². The number of anilines is 1. The zero-order chi connectivity index (χ0) is 14.5. The van der Waals surface area contributed by atoms with E-state index in [1.165, 1.54) is 36.4 Å². The monoisotopic (exact) mass is 275 g/mol. The van der Waals surface area contributed by atoms with Crippen LogP contribution in [0.15, 0.2) is 48.5 Å². The molecule has 2 aromatic rings. The minimum Gasteiger partial charge on any atom is -0.364 e. The molecular formula is C16H15F2NO. The average molecular weight is 275 g/mol. The highest BCUT2D eigenvalue weighted by molar-refractivity contribution is 5.99. The van der Waals surface area contributed by atoms with Gasteiger partial charge in [-0.15, -0.1) is 0 Å². The van der Waals surface area contributed by atoms with Crippen LogP contribution in [0.4, 0.5) is 14.5 Å². The summed E-state index contributed by atoms with van der Waals surface area (Å²) in [5.41, 5.74) is 1.25. The average Bonchev–Trinajstić information content (AvgIpc) is 2.46. The van der Waals surface area contributed by atoms with Gasteiger partial charge in [0.15, 0.2) is 5.78 Å². The van der Waals surface area contributed by atoms with Gasteiger partial charge in [-0.05, 0) is 55.5 Å². The van der Waals surface area contributed by atoms with E-state index in [2.05, 4.69) is 0 Å². The number of hydrogen-bond acceptors (Lipinski definition) is 2. The number of benzene rings is 2. The summed E-state index contributed by atoms with van der Waals surface area (Å²) in [5, 5.41) is 0. The van der Waals surface area contributed by atoms with E-state index in [1.807, 2.05) is 11.8 Å². The molecule has 104 valence electrons. The Morgan fingerprint density at radius 1 is 0.950 bits per heavy atom. The van der Waals surface area contributed by atoms with Crippen molar-refractivity contribution in [3.8, 4) is 0 Å². The van der Waals surface area contributed by atoms with E-state index in [0.29, 0.717) is 12.1 Å². The molecular weight excluding hydrogens is 260 g/mol. The zero-order valence-corrected chi connectivity index (χ0v) is 11.1. The molecule has 0 amide bonds. The number of carbonyl (C=O) groups is 1. The fourth-order valence-electron chi connectivity index (χ4n) is 1.94. The summed E-state index contributed by atoms with van der Waals surface area (Å²) in [6.07, 6.45) is 0. The number of ketones is 1. The van der Waals surface area contributed by atoms with Gasteiger partial charge in [0.25, 0.3) is 0 Å². The Morgan fingerprint density at radius 2 is 1.45 bits per heavy atom. The van der Waals surface area contributed by atoms with E-state index in [4.69, 9.17) is 0 Å². The Labute approximate surface area is 116 Å². The Morgan fingerprint density at radius 3 is 1.95 bits per heavy atom. The topological polar surface area (TPSA) is 20.3 Å². The number of rotatable bonds is 5. The number of hydrogen-bond donors (Lipinski definition) is 0. The highest BCUT2D eigenvalue weighted by atomic mass is 19.1. The van der Waals surface area contributed by atoms with Gasteiger partial charge in [-0.1, -0.05) is 0 Å². The molecule has 4 heteroatoms. The van der Waals surface area contributed by atoms with E-state index in [9.17, 15) is 13.6 Å². The molecule has 2 nitrogen and oxygen atoms in total. The molecule has 0 fully saturated rings. The first-order valence-corrected chi connectivity index (χ1v) is 6.39. The van der Waals surface area contributed by atoms with Crippen LogP contribution in [0.3, 0.4) is 0 Å². The first-order chi connectivity index (χ1) is 9.60. The van der Waals surface area contributed by atoms with Gasteiger partial charge in [-0.25, -0.2) is 8.78 Å². The summed E-state index contributed by atoms with van der Waals surface area (Å²) in [5.74, 6) is -0.779. The highest BCUT2D eigenvalue weighted by Gasteiger charge is 2.12. The van der Waals surface area contributed by atoms with Crippen molar-refractivity contribution >= 4 is 11.5 Å². The fourth-order valence-corrected chi connectivity index (χ4v) is 1.94. The molecule has 0 N–H and O–H groups in total. The quantitative estimate of drug-likeness (QED) is 0.776. The first kappa shape index (κ1) is 14.2. The molecule has 0 saturated carbocycles. The summed E-state index contributed by atoms with van der Waals surface area (Å²) in [4.78, 5) is 14.0. The van der Waals surface area contributed by atoms with Crippen LogP contribution in [0.1, 0.15) is 17.3 Å². The summed E-state index contributed by atoms with van der Waals surface area (Å²) in [6, 6.07) is 11.5. The number of halogens is 2. The smallest absolute Gasteiger partial charge is 0.182 e. The molecule has 0 aliphatic rings. The van der Waals surface area contributed by atoms with Crippen molar-refractivity contribution in [3.05, 3.63) is 65.7 Å². The second-order valence-electron chi connectivity index (χ2n) is 4.42. The van der Waals surface area contributed by atoms with Gasteiger partial charge < -0.3 is 4.90 Å². The van der Waals surface area contributed by atoms with Gasteiger partial charge in [-0.3, -0.25) is 4.79 Å². The van der Waals surface area contributed by atoms with Crippen LogP contribution < -0.4 is 4.90 Å². The van der Waals surface area contributed by atoms with Crippen LogP contribution in [0.5, 0.6) is 0 Å². The van der Waals surface area contributed by atoms with Crippen LogP contribution in [0.2, 0.25) is 0 Å². The molecule has 0 bridgehead atoms. The minimum atomic E-state index is -0.368. The van der Waals surface area contributed by atoms with Crippen LogP contribution in [0.25, 0.3) is 0 Å². The number of Topliss-reactive ketones (excluding diaryl/α,β-unsaturated/α-hetero) is 1. The molecule has 0 aromatic heterocycles. The van der Waals surface area contributed by atoms with Crippen LogP contribution >= 0.6 is 0 Å². The maximum absolute atomic E-state index is 12.9. The second kappa shape index (κ2) is 6.28. The van der Waals surface area contributed by atoms with E-state index in [1.54, 1.807) is 12.1 Å². The maximum Gasteiger partial charge on any atom is 0.182 e. The predicted molar refractivity (Wildman–Crippen MR) is 75.0 cm³/mol. The van der Waals surface area contributed by atoms with Crippen LogP contribution in [0, 0.1) is 11.6 Å². The molecule has 0 heterocycles. The van der Waals surface area contributed by atoms with Crippen molar-refractivity contribution in [1.29, 1.82) is 0 Å². The molecule has 2 rings (SSSR count). The van der Waals surface area contributed by atoms with Gasteiger partial charge in [-0.2, -0.15) is 0 Å². The van der Waals surface area contributed by atoms with Gasteiger partial charge >= 0.3 is 0 Å². The first-order valence-electron chi connectivity index (χ1n) is 6.39. The normalized spacial score (nSPS) is 10.3. The van der Waals surface area contributed by atoms with Gasteiger partial charge in [0.05, 0.1) is 6.54 Å². The summed E-state index contributed by atoms with van der Waals surface area (Å²) < 4.78 is 25.7. The van der Waals surface area contributed by atoms with Gasteiger partial charge in [0, 0.05) is 17.8 Å². The largest absolute Gasteiger partial charge is 0.364 e. The van der Waals surface area contributed by atoms with E-state index in [-0.39, 0.29) is 24.0 Å². The Hall–Kier alpha value is -2.23. The Kier molecular flexibility index (Phi) is 4.45. The maximum atomic E-state index is 12.9. The lowest BCUT2D eigenvalue weighted by atomic mass is 10.1. The third kappa shape index (κ3) is 3.41. The molecule has 0 spiro atoms. The van der Waals surface area contributed by atoms with E-state index in [0.717, 1.165) is 5.69 Å². The Bertz CT molecular complexity index is 578. The zero-order valence-electron chi connectivity index (χ0n) is 11.1. The fraction of sp³-hybridized carbons (Fsp3) is 0.188. The van der Waals surface area contributed by atoms with Crippen molar-refractivity contribution in [2.24, 2.45) is 0 Å². The number of nitrogens with zero attached hydrogens (tertiary/aromatic N) is 1. The molecule has 0 aliphatic heterocycles. The van der Waals surface area contributed by atoms with E-state index < -0.39 is 0 Å². The molecule has 0 unspecified atom stereocenters. The van der Waals surface area contributed by atoms with Crippen molar-refractivity contribution < 1.29 is 13.6 Å². The van der Waals surface area contributed by atoms with Crippen LogP contribution in [-0.2, 0) is 0 Å². The van der Waals surface area contributed by atoms with Crippen LogP contribution in [-0.4, -0.2) is 18.9 Å². The highest BCUT2D eigenvalue weighted by Crippen LogP contribution is 2.15. The van der Waals surface area contributed by atoms with Crippen molar-refractivity contribution in [3.63, 3.8) is 0 Å². The number of likely N-dealkylation sites (N-methyl/N-ethyl adjacent to an activating group) is 1. The summed E-state index contributed by atoms with van der Waals surface area (Å²) in [7, 11) is 0. The molecule has 0 atom stereocenters. The SMILES string of the molecule is CCN(CC(=O)c1ccc(F)cc1)c1ccc(F)cc1. The molecule has 2 aromatic carbocycles. The molecule has 0 aliphatic carbocycles. The lowest BCUT2D eigenvalue weighted by Gasteiger charge is -2.22. The van der Waals surface area contributed by atoms with E-state index >= 15 is 0 Å². The van der Waals surface area contributed by atoms with Crippen molar-refractivity contribution in [2.75, 3.05) is 18.0 Å². The number of carbonyl (C=O) groups excluding carboxylic acids is 1. The molecule has 20 heavy (non-hydrogen) atoms. The lowest BCUT2D eigenvalue weighted by Crippen LogP contribution is -2.29. The Balaban J connectivity index is 2.11. The molecule has 0 radical (unpaired) electrons. The summed E-state index contributed by atoms with van der Waals surface area (Å²) in [6.45, 7) is 2.72. The second-order valence-corrected chi connectivity index (χ2v) is 4.42. The van der Waals surface area contributed by atoms with Crippen molar-refractivity contribution in [1.82, 2.24) is 0 Å². The summed E-state index contributed by atoms with van der Waals surface area (Å²) >= 11 is 0. The third-order valence-corrected chi connectivity index (χ3v) is 3.07. The molecule has 0 saturated heterocycles. The predicted octanol–water partition coefficient (Wildman–Crippen LogP) is 3.67. The minimum absolute atomic E-state index is 0.101.